The van der Waals surface area contributed by atoms with Gasteiger partial charge >= 0.3 is 0 Å². The van der Waals surface area contributed by atoms with Gasteiger partial charge in [0.05, 0.1) is 12.2 Å². The highest BCUT2D eigenvalue weighted by atomic mass is 32.2. The first-order chi connectivity index (χ1) is 9.08. The van der Waals surface area contributed by atoms with E-state index in [-0.39, 0.29) is 5.60 Å². The Morgan fingerprint density at radius 1 is 1.32 bits per heavy atom. The number of ether oxygens (including phenoxy) is 1. The number of hydrogen-bond donors (Lipinski definition) is 1. The summed E-state index contributed by atoms with van der Waals surface area (Å²) in [5, 5.41) is 3.55. The van der Waals surface area contributed by atoms with Crippen molar-refractivity contribution in [2.45, 2.75) is 51.0 Å². The van der Waals surface area contributed by atoms with Gasteiger partial charge in [0.25, 0.3) is 0 Å². The van der Waals surface area contributed by atoms with Crippen molar-refractivity contribution in [2.75, 3.05) is 17.6 Å². The SMILES string of the molecule is CCC1(CC)CNc2cc(SCC(C)C)ccc2O1. The fraction of sp³-hybridized carbons (Fsp3) is 0.625. The van der Waals surface area contributed by atoms with E-state index in [0.717, 1.165) is 42.5 Å². The third-order valence-corrected chi connectivity index (χ3v) is 5.17. The summed E-state index contributed by atoms with van der Waals surface area (Å²) in [6, 6.07) is 6.51. The van der Waals surface area contributed by atoms with E-state index in [4.69, 9.17) is 4.74 Å². The predicted octanol–water partition coefficient (Wildman–Crippen LogP) is 4.80. The molecule has 1 aliphatic heterocycles. The largest absolute Gasteiger partial charge is 0.483 e. The Morgan fingerprint density at radius 2 is 2.05 bits per heavy atom. The second kappa shape index (κ2) is 6.08. The molecule has 1 N–H and O–H groups in total. The summed E-state index contributed by atoms with van der Waals surface area (Å²) in [5.41, 5.74) is 1.12. The zero-order valence-electron chi connectivity index (χ0n) is 12.5. The molecule has 0 aromatic heterocycles. The van der Waals surface area contributed by atoms with Gasteiger partial charge in [0.15, 0.2) is 0 Å². The molecule has 1 aliphatic rings. The molecule has 0 radical (unpaired) electrons. The third-order valence-electron chi connectivity index (χ3n) is 3.75. The maximum absolute atomic E-state index is 6.23. The second-order valence-corrected chi connectivity index (χ2v) is 6.80. The van der Waals surface area contributed by atoms with Gasteiger partial charge in [-0.25, -0.2) is 0 Å². The van der Waals surface area contributed by atoms with Gasteiger partial charge in [-0.15, -0.1) is 11.8 Å². The van der Waals surface area contributed by atoms with Gasteiger partial charge in [0, 0.05) is 10.6 Å². The summed E-state index contributed by atoms with van der Waals surface area (Å²) in [4.78, 5) is 1.32. The Hall–Kier alpha value is -0.830. The minimum absolute atomic E-state index is 0.0282. The molecule has 0 saturated carbocycles. The molecule has 0 aliphatic carbocycles. The van der Waals surface area contributed by atoms with Crippen LogP contribution in [0.4, 0.5) is 5.69 Å². The standard InChI is InChI=1S/C16H25NOS/c1-5-16(6-2)11-17-14-9-13(19-10-12(3)4)7-8-15(14)18-16/h7-9,12,17H,5-6,10-11H2,1-4H3. The average molecular weight is 279 g/mol. The topological polar surface area (TPSA) is 21.3 Å². The molecule has 1 aromatic rings. The molecule has 106 valence electrons. The van der Waals surface area contributed by atoms with Crippen molar-refractivity contribution in [3.63, 3.8) is 0 Å². The van der Waals surface area contributed by atoms with Gasteiger partial charge in [-0.05, 0) is 37.0 Å². The van der Waals surface area contributed by atoms with E-state index in [1.54, 1.807) is 0 Å². The van der Waals surface area contributed by atoms with E-state index in [9.17, 15) is 0 Å². The fourth-order valence-corrected chi connectivity index (χ4v) is 3.15. The molecule has 1 aromatic carbocycles. The summed E-state index contributed by atoms with van der Waals surface area (Å²) in [5.74, 6) is 2.88. The van der Waals surface area contributed by atoms with Gasteiger partial charge in [-0.2, -0.15) is 0 Å². The molecular formula is C16H25NOS. The number of hydrogen-bond acceptors (Lipinski definition) is 3. The van der Waals surface area contributed by atoms with E-state index in [2.05, 4.69) is 51.2 Å². The Balaban J connectivity index is 2.11. The van der Waals surface area contributed by atoms with Gasteiger partial charge in [-0.1, -0.05) is 27.7 Å². The average Bonchev–Trinajstić information content (AvgIpc) is 2.44. The number of nitrogens with one attached hydrogen (secondary N) is 1. The summed E-state index contributed by atoms with van der Waals surface area (Å²) < 4.78 is 6.23. The second-order valence-electron chi connectivity index (χ2n) is 5.71. The minimum atomic E-state index is -0.0282. The number of fused-ring (bicyclic) bond motifs is 1. The molecule has 2 nitrogen and oxygen atoms in total. The van der Waals surface area contributed by atoms with Gasteiger partial charge in [0.2, 0.25) is 0 Å². The molecule has 0 bridgehead atoms. The minimum Gasteiger partial charge on any atom is -0.483 e. The van der Waals surface area contributed by atoms with Crippen LogP contribution in [-0.4, -0.2) is 17.9 Å². The Morgan fingerprint density at radius 3 is 2.68 bits per heavy atom. The Bertz CT molecular complexity index is 427. The molecule has 0 spiro atoms. The Kier molecular flexibility index (Phi) is 4.67. The molecule has 0 amide bonds. The lowest BCUT2D eigenvalue weighted by molar-refractivity contribution is 0.0670. The highest BCUT2D eigenvalue weighted by Crippen LogP contribution is 2.38. The van der Waals surface area contributed by atoms with E-state index in [1.165, 1.54) is 4.90 Å². The van der Waals surface area contributed by atoms with Crippen molar-refractivity contribution in [3.05, 3.63) is 18.2 Å². The van der Waals surface area contributed by atoms with Crippen molar-refractivity contribution >= 4 is 17.4 Å². The third kappa shape index (κ3) is 3.38. The van der Waals surface area contributed by atoms with Gasteiger partial charge < -0.3 is 10.1 Å². The monoisotopic (exact) mass is 279 g/mol. The fourth-order valence-electron chi connectivity index (χ4n) is 2.26. The molecule has 19 heavy (non-hydrogen) atoms. The first kappa shape index (κ1) is 14.6. The van der Waals surface area contributed by atoms with Crippen LogP contribution in [-0.2, 0) is 0 Å². The summed E-state index contributed by atoms with van der Waals surface area (Å²) >= 11 is 1.92. The number of thioether (sulfide) groups is 1. The number of anilines is 1. The van der Waals surface area contributed by atoms with Crippen molar-refractivity contribution in [1.82, 2.24) is 0 Å². The van der Waals surface area contributed by atoms with Crippen molar-refractivity contribution in [3.8, 4) is 5.75 Å². The smallest absolute Gasteiger partial charge is 0.143 e. The highest BCUT2D eigenvalue weighted by molar-refractivity contribution is 7.99. The van der Waals surface area contributed by atoms with Crippen LogP contribution in [0, 0.1) is 5.92 Å². The maximum atomic E-state index is 6.23. The van der Waals surface area contributed by atoms with Crippen LogP contribution >= 0.6 is 11.8 Å². The maximum Gasteiger partial charge on any atom is 0.143 e. The van der Waals surface area contributed by atoms with Gasteiger partial charge in [-0.3, -0.25) is 0 Å². The lowest BCUT2D eigenvalue weighted by Crippen LogP contribution is -2.44. The lowest BCUT2D eigenvalue weighted by atomic mass is 9.95. The van der Waals surface area contributed by atoms with E-state index in [1.807, 2.05) is 11.8 Å². The molecular weight excluding hydrogens is 254 g/mol. The van der Waals surface area contributed by atoms with Crippen molar-refractivity contribution < 1.29 is 4.74 Å². The number of rotatable bonds is 5. The van der Waals surface area contributed by atoms with E-state index >= 15 is 0 Å². The van der Waals surface area contributed by atoms with E-state index in [0.29, 0.717) is 0 Å². The molecule has 0 atom stereocenters. The van der Waals surface area contributed by atoms with E-state index < -0.39 is 0 Å². The van der Waals surface area contributed by atoms with Gasteiger partial charge in [0.1, 0.15) is 11.4 Å². The molecule has 3 heteroatoms. The molecule has 0 fully saturated rings. The lowest BCUT2D eigenvalue weighted by Gasteiger charge is -2.38. The zero-order valence-corrected chi connectivity index (χ0v) is 13.3. The highest BCUT2D eigenvalue weighted by Gasteiger charge is 2.32. The molecule has 2 rings (SSSR count). The summed E-state index contributed by atoms with van der Waals surface area (Å²) in [6.45, 7) is 9.81. The number of benzene rings is 1. The van der Waals surface area contributed by atoms with Crippen LogP contribution in [0.2, 0.25) is 0 Å². The predicted molar refractivity (Wildman–Crippen MR) is 84.4 cm³/mol. The van der Waals surface area contributed by atoms with Crippen LogP contribution < -0.4 is 10.1 Å². The molecule has 1 heterocycles. The molecule has 0 unspecified atom stereocenters. The van der Waals surface area contributed by atoms with Crippen LogP contribution in [0.5, 0.6) is 5.75 Å². The van der Waals surface area contributed by atoms with Crippen LogP contribution in [0.3, 0.4) is 0 Å². The quantitative estimate of drug-likeness (QED) is 0.782. The summed E-state index contributed by atoms with van der Waals surface area (Å²) in [6.07, 6.45) is 2.08. The molecule has 0 saturated heterocycles. The Labute approximate surface area is 121 Å². The first-order valence-electron chi connectivity index (χ1n) is 7.28. The van der Waals surface area contributed by atoms with Crippen molar-refractivity contribution in [1.29, 1.82) is 0 Å². The zero-order chi connectivity index (χ0) is 13.9. The first-order valence-corrected chi connectivity index (χ1v) is 8.27. The summed E-state index contributed by atoms with van der Waals surface area (Å²) in [7, 11) is 0. The van der Waals surface area contributed by atoms with Crippen molar-refractivity contribution in [2.24, 2.45) is 5.92 Å². The van der Waals surface area contributed by atoms with Crippen LogP contribution in [0.25, 0.3) is 0 Å². The van der Waals surface area contributed by atoms with Crippen LogP contribution in [0.15, 0.2) is 23.1 Å². The van der Waals surface area contributed by atoms with Crippen LogP contribution in [0.1, 0.15) is 40.5 Å². The normalized spacial score (nSPS) is 16.7.